The third kappa shape index (κ3) is 3.43. The number of anilines is 1. The molecule has 0 bridgehead atoms. The fourth-order valence-corrected chi connectivity index (χ4v) is 3.93. The second kappa shape index (κ2) is 6.54. The fraction of sp³-hybridized carbons (Fsp3) is 0.235. The molecule has 2 aromatic rings. The van der Waals surface area contributed by atoms with Crippen LogP contribution < -0.4 is 14.2 Å². The van der Waals surface area contributed by atoms with E-state index in [-0.39, 0.29) is 17.1 Å². The molecule has 1 amide bonds. The first-order valence-corrected chi connectivity index (χ1v) is 9.82. The lowest BCUT2D eigenvalue weighted by molar-refractivity contribution is 0.105. The highest BCUT2D eigenvalue weighted by Gasteiger charge is 2.30. The molecule has 2 aliphatic heterocycles. The molecule has 0 saturated heterocycles. The normalized spacial score (nSPS) is 16.4. The van der Waals surface area contributed by atoms with Crippen LogP contribution in [0.25, 0.3) is 0 Å². The summed E-state index contributed by atoms with van der Waals surface area (Å²) in [6.45, 7) is 0.992. The summed E-state index contributed by atoms with van der Waals surface area (Å²) in [5.74, 6) is -0.332. The van der Waals surface area contributed by atoms with Gasteiger partial charge in [-0.15, -0.1) is 0 Å². The van der Waals surface area contributed by atoms with Crippen molar-refractivity contribution in [2.24, 2.45) is 4.99 Å². The van der Waals surface area contributed by atoms with E-state index in [1.165, 1.54) is 30.5 Å². The number of carbonyl (C=O) groups excluding carboxylic acids is 2. The molecule has 3 heterocycles. The summed E-state index contributed by atoms with van der Waals surface area (Å²) in [6.07, 6.45) is 2.13. The van der Waals surface area contributed by atoms with Crippen LogP contribution in [0, 0.1) is 0 Å². The van der Waals surface area contributed by atoms with Gasteiger partial charge >= 0.3 is 6.03 Å². The van der Waals surface area contributed by atoms with Gasteiger partial charge in [-0.2, -0.15) is 4.99 Å². The number of rotatable bonds is 4. The predicted octanol–water partition coefficient (Wildman–Crippen LogP) is 1.70. The molecule has 1 N–H and O–H groups in total. The number of Topliss-reactive ketones (excluding diaryl/α,β-unsaturated/α-hetero) is 1. The number of hydrogen-bond acceptors (Lipinski definition) is 6. The summed E-state index contributed by atoms with van der Waals surface area (Å²) in [6, 6.07) is 6.92. The second-order valence-electron chi connectivity index (χ2n) is 6.01. The van der Waals surface area contributed by atoms with Crippen LogP contribution in [0.2, 0.25) is 0 Å². The van der Waals surface area contributed by atoms with Crippen molar-refractivity contribution in [1.29, 1.82) is 0 Å². The van der Waals surface area contributed by atoms with E-state index in [2.05, 4.69) is 9.71 Å². The number of amides is 1. The van der Waals surface area contributed by atoms with Gasteiger partial charge < -0.3 is 9.47 Å². The van der Waals surface area contributed by atoms with Gasteiger partial charge in [-0.25, -0.2) is 13.2 Å². The average molecular weight is 389 g/mol. The van der Waals surface area contributed by atoms with Gasteiger partial charge in [0.25, 0.3) is 0 Å². The first kappa shape index (κ1) is 17.3. The quantitative estimate of drug-likeness (QED) is 0.851. The van der Waals surface area contributed by atoms with Gasteiger partial charge in [0.1, 0.15) is 11.5 Å². The SMILES string of the molecule is O=C1C(CS(=O)(=O)Nc2ccc3c(c2)OCCCO3)=NC(=O)n2cccc21. The molecule has 0 saturated carbocycles. The lowest BCUT2D eigenvalue weighted by Crippen LogP contribution is -2.34. The van der Waals surface area contributed by atoms with E-state index in [4.69, 9.17) is 9.47 Å². The minimum atomic E-state index is -3.97. The van der Waals surface area contributed by atoms with Crippen molar-refractivity contribution < 1.29 is 27.5 Å². The standard InChI is InChI=1S/C17H15N3O6S/c21-16-12(18-17(22)20-6-1-3-13(16)20)10-27(23,24)19-11-4-5-14-15(9-11)26-8-2-7-25-14/h1,3-6,9,19H,2,7-8,10H2. The highest BCUT2D eigenvalue weighted by atomic mass is 32.2. The molecule has 2 aliphatic rings. The van der Waals surface area contributed by atoms with Gasteiger partial charge in [0.15, 0.2) is 11.5 Å². The molecule has 9 nitrogen and oxygen atoms in total. The molecule has 0 atom stereocenters. The van der Waals surface area contributed by atoms with Gasteiger partial charge in [0.05, 0.1) is 24.6 Å². The van der Waals surface area contributed by atoms with Crippen molar-refractivity contribution in [3.63, 3.8) is 0 Å². The molecule has 1 aromatic carbocycles. The number of nitrogens with one attached hydrogen (secondary N) is 1. The summed E-state index contributed by atoms with van der Waals surface area (Å²) in [5, 5.41) is 0. The van der Waals surface area contributed by atoms with Crippen LogP contribution in [0.15, 0.2) is 41.5 Å². The van der Waals surface area contributed by atoms with E-state index in [1.807, 2.05) is 0 Å². The monoisotopic (exact) mass is 389 g/mol. The lowest BCUT2D eigenvalue weighted by atomic mass is 10.2. The van der Waals surface area contributed by atoms with E-state index in [9.17, 15) is 18.0 Å². The number of benzene rings is 1. The third-order valence-electron chi connectivity index (χ3n) is 4.03. The van der Waals surface area contributed by atoms with E-state index >= 15 is 0 Å². The number of ether oxygens (including phenoxy) is 2. The summed E-state index contributed by atoms with van der Waals surface area (Å²) < 4.78 is 39.4. The maximum atomic E-state index is 12.5. The van der Waals surface area contributed by atoms with Crippen molar-refractivity contribution in [1.82, 2.24) is 4.57 Å². The van der Waals surface area contributed by atoms with Crippen LogP contribution in [0.4, 0.5) is 10.5 Å². The third-order valence-corrected chi connectivity index (χ3v) is 5.23. The molecule has 0 radical (unpaired) electrons. The first-order valence-electron chi connectivity index (χ1n) is 8.17. The Hall–Kier alpha value is -3.14. The summed E-state index contributed by atoms with van der Waals surface area (Å²) in [4.78, 5) is 27.9. The van der Waals surface area contributed by atoms with Gasteiger partial charge in [-0.05, 0) is 24.3 Å². The Morgan fingerprint density at radius 1 is 1.11 bits per heavy atom. The van der Waals surface area contributed by atoms with E-state index in [1.54, 1.807) is 6.07 Å². The number of carbonyl (C=O) groups is 2. The summed E-state index contributed by atoms with van der Waals surface area (Å²) >= 11 is 0. The zero-order valence-corrected chi connectivity index (χ0v) is 14.9. The number of sulfonamides is 1. The summed E-state index contributed by atoms with van der Waals surface area (Å²) in [7, 11) is -3.97. The smallest absolute Gasteiger partial charge is 0.352 e. The Morgan fingerprint density at radius 3 is 2.70 bits per heavy atom. The number of aromatic nitrogens is 1. The Balaban J connectivity index is 1.54. The number of aliphatic imine (C=N–C) groups is 1. The highest BCUT2D eigenvalue weighted by molar-refractivity contribution is 7.93. The fourth-order valence-electron chi connectivity index (χ4n) is 2.82. The molecular formula is C17H15N3O6S. The molecule has 0 spiro atoms. The zero-order chi connectivity index (χ0) is 19.0. The maximum absolute atomic E-state index is 12.5. The Labute approximate surface area is 154 Å². The second-order valence-corrected chi connectivity index (χ2v) is 7.73. The first-order chi connectivity index (χ1) is 12.9. The van der Waals surface area contributed by atoms with Crippen LogP contribution in [0.3, 0.4) is 0 Å². The van der Waals surface area contributed by atoms with Crippen LogP contribution in [-0.4, -0.2) is 49.5 Å². The number of ketones is 1. The molecule has 0 aliphatic carbocycles. The van der Waals surface area contributed by atoms with Crippen LogP contribution >= 0.6 is 0 Å². The Kier molecular flexibility index (Phi) is 4.19. The molecular weight excluding hydrogens is 374 g/mol. The van der Waals surface area contributed by atoms with Crippen molar-refractivity contribution in [2.45, 2.75) is 6.42 Å². The number of fused-ring (bicyclic) bond motifs is 2. The van der Waals surface area contributed by atoms with Gasteiger partial charge in [0, 0.05) is 18.7 Å². The molecule has 1 aromatic heterocycles. The number of nitrogens with zero attached hydrogens (tertiary/aromatic N) is 2. The highest BCUT2D eigenvalue weighted by Crippen LogP contribution is 2.32. The minimum absolute atomic E-state index is 0.0933. The zero-order valence-electron chi connectivity index (χ0n) is 14.0. The van der Waals surface area contributed by atoms with Crippen LogP contribution in [0.5, 0.6) is 11.5 Å². The Morgan fingerprint density at radius 2 is 1.89 bits per heavy atom. The topological polar surface area (TPSA) is 116 Å². The lowest BCUT2D eigenvalue weighted by Gasteiger charge is -2.14. The maximum Gasteiger partial charge on any atom is 0.352 e. The van der Waals surface area contributed by atoms with Crippen LogP contribution in [0.1, 0.15) is 16.9 Å². The van der Waals surface area contributed by atoms with E-state index in [0.717, 1.165) is 11.0 Å². The largest absolute Gasteiger partial charge is 0.490 e. The van der Waals surface area contributed by atoms with Crippen molar-refractivity contribution >= 4 is 33.2 Å². The van der Waals surface area contributed by atoms with Gasteiger partial charge in [-0.1, -0.05) is 0 Å². The molecule has 10 heteroatoms. The predicted molar refractivity (Wildman–Crippen MR) is 96.5 cm³/mol. The molecule has 0 unspecified atom stereocenters. The van der Waals surface area contributed by atoms with Gasteiger partial charge in [0.2, 0.25) is 15.8 Å². The van der Waals surface area contributed by atoms with Crippen molar-refractivity contribution in [3.05, 3.63) is 42.2 Å². The van der Waals surface area contributed by atoms with E-state index in [0.29, 0.717) is 24.7 Å². The van der Waals surface area contributed by atoms with Gasteiger partial charge in [-0.3, -0.25) is 14.1 Å². The summed E-state index contributed by atoms with van der Waals surface area (Å²) in [5.41, 5.74) is 0.0293. The van der Waals surface area contributed by atoms with Crippen molar-refractivity contribution in [3.8, 4) is 11.5 Å². The minimum Gasteiger partial charge on any atom is -0.490 e. The van der Waals surface area contributed by atoms with E-state index < -0.39 is 27.6 Å². The number of hydrogen-bond donors (Lipinski definition) is 1. The molecule has 27 heavy (non-hydrogen) atoms. The molecule has 140 valence electrons. The van der Waals surface area contributed by atoms with Crippen LogP contribution in [-0.2, 0) is 10.0 Å². The average Bonchev–Trinajstić information content (AvgIpc) is 3.00. The Bertz CT molecular complexity index is 1070. The van der Waals surface area contributed by atoms with Crippen molar-refractivity contribution in [2.75, 3.05) is 23.7 Å². The molecule has 0 fully saturated rings. The molecule has 4 rings (SSSR count).